The van der Waals surface area contributed by atoms with Crippen molar-refractivity contribution in [2.24, 2.45) is 5.73 Å². The highest BCUT2D eigenvalue weighted by molar-refractivity contribution is 7.90. The molecule has 4 N–H and O–H groups in total. The fraction of sp³-hybridized carbons (Fsp3) is 0.400. The molecule has 0 amide bonds. The lowest BCUT2D eigenvalue weighted by molar-refractivity contribution is 0.601. The maximum atomic E-state index is 11.9. The number of nitrogens with one attached hydrogen (secondary N) is 2. The number of aromatic nitrogens is 3. The fourth-order valence-electron chi connectivity index (χ4n) is 3.59. The molecule has 4 rings (SSSR count). The molecule has 2 aromatic heterocycles. The third kappa shape index (κ3) is 3.49. The van der Waals surface area contributed by atoms with Crippen LogP contribution in [0.2, 0.25) is 0 Å². The molecule has 1 aliphatic rings. The molecule has 0 atom stereocenters. The molecule has 0 spiro atoms. The maximum absolute atomic E-state index is 11.9. The smallest absolute Gasteiger partial charge is 0.175 e. The molecule has 148 valence electrons. The van der Waals surface area contributed by atoms with Gasteiger partial charge in [0.2, 0.25) is 0 Å². The minimum absolute atomic E-state index is 0.349. The van der Waals surface area contributed by atoms with E-state index in [0.717, 1.165) is 64.9 Å². The summed E-state index contributed by atoms with van der Waals surface area (Å²) in [6.07, 6.45) is 6.18. The molecule has 0 radical (unpaired) electrons. The second-order valence-corrected chi connectivity index (χ2v) is 9.46. The van der Waals surface area contributed by atoms with Gasteiger partial charge in [0.05, 0.1) is 39.1 Å². The highest BCUT2D eigenvalue weighted by Gasteiger charge is 2.30. The van der Waals surface area contributed by atoms with Crippen molar-refractivity contribution in [2.75, 3.05) is 24.7 Å². The van der Waals surface area contributed by atoms with Crippen LogP contribution in [0.5, 0.6) is 0 Å². The molecule has 28 heavy (non-hydrogen) atoms. The van der Waals surface area contributed by atoms with Crippen molar-refractivity contribution in [3.63, 3.8) is 0 Å². The SMILES string of the molecule is Cc1cc(-c2ncc(NCCCN)c3[nH]nc(C4CC4)c23)ccc1S(C)(=O)=O. The highest BCUT2D eigenvalue weighted by atomic mass is 32.2. The number of H-pyrrole nitrogens is 1. The number of pyridine rings is 1. The Hall–Kier alpha value is -2.45. The van der Waals surface area contributed by atoms with E-state index in [1.54, 1.807) is 6.07 Å². The zero-order valence-electron chi connectivity index (χ0n) is 16.1. The van der Waals surface area contributed by atoms with Crippen LogP contribution in [0.15, 0.2) is 29.3 Å². The normalized spacial score (nSPS) is 14.5. The van der Waals surface area contributed by atoms with Gasteiger partial charge in [0.15, 0.2) is 9.84 Å². The Kier molecular flexibility index (Phi) is 4.84. The molecule has 1 aliphatic carbocycles. The lowest BCUT2D eigenvalue weighted by atomic mass is 10.0. The summed E-state index contributed by atoms with van der Waals surface area (Å²) in [6, 6.07) is 5.39. The summed E-state index contributed by atoms with van der Waals surface area (Å²) < 4.78 is 23.9. The van der Waals surface area contributed by atoms with Crippen molar-refractivity contribution in [2.45, 2.75) is 37.0 Å². The molecule has 2 heterocycles. The van der Waals surface area contributed by atoms with Gasteiger partial charge >= 0.3 is 0 Å². The number of anilines is 1. The van der Waals surface area contributed by atoms with Gasteiger partial charge < -0.3 is 11.1 Å². The molecule has 0 aliphatic heterocycles. The first-order valence-corrected chi connectivity index (χ1v) is 11.4. The summed E-state index contributed by atoms with van der Waals surface area (Å²) in [5.41, 5.74) is 10.9. The largest absolute Gasteiger partial charge is 0.382 e. The zero-order valence-corrected chi connectivity index (χ0v) is 16.9. The molecular weight excluding hydrogens is 374 g/mol. The summed E-state index contributed by atoms with van der Waals surface area (Å²) in [6.45, 7) is 3.22. The van der Waals surface area contributed by atoms with Gasteiger partial charge in [-0.05, 0) is 50.4 Å². The minimum Gasteiger partial charge on any atom is -0.382 e. The predicted molar refractivity (Wildman–Crippen MR) is 111 cm³/mol. The van der Waals surface area contributed by atoms with Crippen LogP contribution in [-0.4, -0.2) is 42.9 Å². The van der Waals surface area contributed by atoms with Gasteiger partial charge in [-0.15, -0.1) is 0 Å². The van der Waals surface area contributed by atoms with E-state index in [9.17, 15) is 8.42 Å². The Balaban J connectivity index is 1.84. The third-order valence-corrected chi connectivity index (χ3v) is 6.39. The first-order chi connectivity index (χ1) is 13.4. The summed E-state index contributed by atoms with van der Waals surface area (Å²) in [7, 11) is -3.25. The second kappa shape index (κ2) is 7.18. The maximum Gasteiger partial charge on any atom is 0.175 e. The van der Waals surface area contributed by atoms with Crippen molar-refractivity contribution >= 4 is 26.4 Å². The van der Waals surface area contributed by atoms with Crippen molar-refractivity contribution in [3.05, 3.63) is 35.7 Å². The van der Waals surface area contributed by atoms with Crippen LogP contribution in [0.1, 0.15) is 36.4 Å². The van der Waals surface area contributed by atoms with E-state index < -0.39 is 9.84 Å². The van der Waals surface area contributed by atoms with E-state index in [0.29, 0.717) is 17.4 Å². The standard InChI is InChI=1S/C20H25N5O2S/c1-12-10-14(6-7-16(12)28(2,26)27)18-17-19(13-4-5-13)24-25-20(17)15(11-23-18)22-9-3-8-21/h6-7,10-11,13,22H,3-5,8-9,21H2,1-2H3,(H,24,25). The number of aromatic amines is 1. The van der Waals surface area contributed by atoms with Gasteiger partial charge in [0, 0.05) is 24.3 Å². The Morgan fingerprint density at radius 2 is 2.11 bits per heavy atom. The van der Waals surface area contributed by atoms with Crippen LogP contribution < -0.4 is 11.1 Å². The summed E-state index contributed by atoms with van der Waals surface area (Å²) >= 11 is 0. The van der Waals surface area contributed by atoms with Gasteiger partial charge in [-0.1, -0.05) is 6.07 Å². The lowest BCUT2D eigenvalue weighted by Gasteiger charge is -2.11. The molecule has 1 fully saturated rings. The van der Waals surface area contributed by atoms with E-state index in [-0.39, 0.29) is 0 Å². The molecule has 7 nitrogen and oxygen atoms in total. The summed E-state index contributed by atoms with van der Waals surface area (Å²) in [4.78, 5) is 5.08. The number of aryl methyl sites for hydroxylation is 1. The van der Waals surface area contributed by atoms with Crippen molar-refractivity contribution in [1.29, 1.82) is 0 Å². The van der Waals surface area contributed by atoms with Gasteiger partial charge in [-0.2, -0.15) is 5.10 Å². The van der Waals surface area contributed by atoms with Gasteiger partial charge in [-0.3, -0.25) is 10.1 Å². The Morgan fingerprint density at radius 3 is 2.75 bits per heavy atom. The number of hydrogen-bond acceptors (Lipinski definition) is 6. The number of sulfone groups is 1. The van der Waals surface area contributed by atoms with Crippen LogP contribution in [0.4, 0.5) is 5.69 Å². The third-order valence-electron chi connectivity index (χ3n) is 5.13. The first kappa shape index (κ1) is 18.9. The Labute approximate surface area is 164 Å². The van der Waals surface area contributed by atoms with E-state index in [2.05, 4.69) is 15.5 Å². The highest BCUT2D eigenvalue weighted by Crippen LogP contribution is 2.45. The van der Waals surface area contributed by atoms with Crippen molar-refractivity contribution in [1.82, 2.24) is 15.2 Å². The van der Waals surface area contributed by atoms with E-state index in [4.69, 9.17) is 10.7 Å². The van der Waals surface area contributed by atoms with Gasteiger partial charge in [0.1, 0.15) is 0 Å². The number of hydrogen-bond donors (Lipinski definition) is 3. The van der Waals surface area contributed by atoms with Crippen LogP contribution in [0, 0.1) is 6.92 Å². The number of rotatable bonds is 7. The summed E-state index contributed by atoms with van der Waals surface area (Å²) in [5, 5.41) is 12.2. The molecule has 3 aromatic rings. The quantitative estimate of drug-likeness (QED) is 0.526. The molecule has 1 aromatic carbocycles. The topological polar surface area (TPSA) is 114 Å². The Bertz CT molecular complexity index is 1130. The van der Waals surface area contributed by atoms with Crippen LogP contribution >= 0.6 is 0 Å². The first-order valence-electron chi connectivity index (χ1n) is 9.52. The zero-order chi connectivity index (χ0) is 19.9. The predicted octanol–water partition coefficient (Wildman–Crippen LogP) is 2.97. The van der Waals surface area contributed by atoms with Gasteiger partial charge in [0.25, 0.3) is 0 Å². The van der Waals surface area contributed by atoms with Crippen LogP contribution in [0.25, 0.3) is 22.2 Å². The lowest BCUT2D eigenvalue weighted by Crippen LogP contribution is -2.09. The van der Waals surface area contributed by atoms with E-state index in [1.807, 2.05) is 25.3 Å². The molecular formula is C20H25N5O2S. The molecule has 0 bridgehead atoms. The average molecular weight is 400 g/mol. The average Bonchev–Trinajstić information content (AvgIpc) is 3.39. The fourth-order valence-corrected chi connectivity index (χ4v) is 4.55. The monoisotopic (exact) mass is 399 g/mol. The van der Waals surface area contributed by atoms with Crippen molar-refractivity contribution < 1.29 is 8.42 Å². The van der Waals surface area contributed by atoms with E-state index >= 15 is 0 Å². The number of nitrogens with two attached hydrogens (primary N) is 1. The van der Waals surface area contributed by atoms with Gasteiger partial charge in [-0.25, -0.2) is 8.42 Å². The summed E-state index contributed by atoms with van der Waals surface area (Å²) in [5.74, 6) is 0.463. The van der Waals surface area contributed by atoms with E-state index in [1.165, 1.54) is 6.26 Å². The molecule has 0 saturated heterocycles. The number of fused-ring (bicyclic) bond motifs is 1. The van der Waals surface area contributed by atoms with Crippen molar-refractivity contribution in [3.8, 4) is 11.3 Å². The molecule has 8 heteroatoms. The van der Waals surface area contributed by atoms with Crippen LogP contribution in [0.3, 0.4) is 0 Å². The van der Waals surface area contributed by atoms with Crippen LogP contribution in [-0.2, 0) is 9.84 Å². The minimum atomic E-state index is -3.25. The second-order valence-electron chi connectivity index (χ2n) is 7.48. The molecule has 0 unspecified atom stereocenters. The Morgan fingerprint density at radius 1 is 1.32 bits per heavy atom. The number of benzene rings is 1. The number of nitrogens with zero attached hydrogens (tertiary/aromatic N) is 2. The molecule has 1 saturated carbocycles.